The fourth-order valence-corrected chi connectivity index (χ4v) is 2.23. The molecule has 0 saturated heterocycles. The summed E-state index contributed by atoms with van der Waals surface area (Å²) in [5.41, 5.74) is 6.85. The summed E-state index contributed by atoms with van der Waals surface area (Å²) in [4.78, 5) is 25.9. The third-order valence-electron chi connectivity index (χ3n) is 3.26. The van der Waals surface area contributed by atoms with Crippen LogP contribution in [0.15, 0.2) is 18.2 Å². The minimum Gasteiger partial charge on any atom is -0.461 e. The number of hydrogen-bond acceptors (Lipinski definition) is 5. The van der Waals surface area contributed by atoms with E-state index in [-0.39, 0.29) is 5.91 Å². The molecular weight excluding hydrogens is 350 g/mol. The Balaban J connectivity index is 2.82. The number of anilines is 2. The maximum Gasteiger partial charge on any atom is 0.340 e. The molecule has 7 heteroatoms. The Morgan fingerprint density at radius 2 is 1.91 bits per heavy atom. The summed E-state index contributed by atoms with van der Waals surface area (Å²) >= 11 is 3.13. The van der Waals surface area contributed by atoms with E-state index in [2.05, 4.69) is 34.9 Å². The van der Waals surface area contributed by atoms with Crippen molar-refractivity contribution < 1.29 is 14.3 Å². The summed E-state index contributed by atoms with van der Waals surface area (Å²) < 4.78 is 6.49. The van der Waals surface area contributed by atoms with Crippen LogP contribution in [0.2, 0.25) is 0 Å². The van der Waals surface area contributed by atoms with Gasteiger partial charge in [0, 0.05) is 19.2 Å². The Kier molecular flexibility index (Phi) is 7.34. The second-order valence-corrected chi connectivity index (χ2v) is 5.45. The molecule has 0 saturated carbocycles. The Morgan fingerprint density at radius 3 is 2.45 bits per heavy atom. The number of nitrogens with zero attached hydrogens (tertiary/aromatic N) is 2. The average molecular weight is 372 g/mol. The molecule has 1 rings (SSSR count). The topological polar surface area (TPSA) is 75.9 Å². The summed E-state index contributed by atoms with van der Waals surface area (Å²) in [6.07, 6.45) is 0. The summed E-state index contributed by atoms with van der Waals surface area (Å²) in [6, 6.07) is 4.71. The van der Waals surface area contributed by atoms with Crippen molar-refractivity contribution >= 4 is 39.4 Å². The first-order chi connectivity index (χ1) is 10.4. The molecule has 0 aromatic heterocycles. The van der Waals surface area contributed by atoms with Gasteiger partial charge in [-0.25, -0.2) is 8.72 Å². The number of benzene rings is 1. The van der Waals surface area contributed by atoms with Crippen LogP contribution in [0, 0.1) is 0 Å². The van der Waals surface area contributed by atoms with Gasteiger partial charge in [-0.05, 0) is 31.3 Å². The monoisotopic (exact) mass is 371 g/mol. The predicted molar refractivity (Wildman–Crippen MR) is 91.0 cm³/mol. The Bertz CT molecular complexity index is 533. The van der Waals surface area contributed by atoms with E-state index in [1.54, 1.807) is 18.2 Å². The first-order valence-corrected chi connectivity index (χ1v) is 7.87. The fraction of sp³-hybridized carbons (Fsp3) is 0.467. The van der Waals surface area contributed by atoms with Crippen LogP contribution in [0.4, 0.5) is 11.4 Å². The highest BCUT2D eigenvalue weighted by Crippen LogP contribution is 2.27. The second kappa shape index (κ2) is 8.75. The van der Waals surface area contributed by atoms with Crippen molar-refractivity contribution in [3.8, 4) is 0 Å². The third kappa shape index (κ3) is 4.99. The van der Waals surface area contributed by atoms with Gasteiger partial charge in [0.2, 0.25) is 5.91 Å². The number of amides is 1. The van der Waals surface area contributed by atoms with Crippen molar-refractivity contribution in [3.63, 3.8) is 0 Å². The molecule has 0 aliphatic heterocycles. The minimum absolute atomic E-state index is 0.261. The number of esters is 1. The van der Waals surface area contributed by atoms with Gasteiger partial charge in [0.1, 0.15) is 6.61 Å². The molecule has 122 valence electrons. The number of hydrogen-bond donors (Lipinski definition) is 1. The van der Waals surface area contributed by atoms with Crippen LogP contribution in [0.25, 0.3) is 0 Å². The van der Waals surface area contributed by atoms with Crippen molar-refractivity contribution in [2.24, 2.45) is 0 Å². The van der Waals surface area contributed by atoms with E-state index in [4.69, 9.17) is 10.5 Å². The van der Waals surface area contributed by atoms with E-state index in [1.807, 2.05) is 0 Å². The van der Waals surface area contributed by atoms with Crippen molar-refractivity contribution in [3.05, 3.63) is 23.8 Å². The molecule has 6 nitrogen and oxygen atoms in total. The molecule has 22 heavy (non-hydrogen) atoms. The molecule has 0 unspecified atom stereocenters. The zero-order chi connectivity index (χ0) is 16.7. The molecule has 0 bridgehead atoms. The number of likely N-dealkylation sites (N-methyl/N-ethyl adjacent to an activating group) is 1. The van der Waals surface area contributed by atoms with E-state index in [1.165, 1.54) is 10.8 Å². The maximum absolute atomic E-state index is 12.2. The summed E-state index contributed by atoms with van der Waals surface area (Å²) in [7, 11) is 0. The Hall–Kier alpha value is -1.60. The Labute approximate surface area is 139 Å². The van der Waals surface area contributed by atoms with Gasteiger partial charge in [0.05, 0.1) is 27.4 Å². The standard InChI is InChI=1S/C15H22BrN3O3/c1-4-18(5-2)8-9-22-15(21)13-7-6-12(17)10-14(13)19(16)11(3)20/h6-7,10H,4-5,8-9,17H2,1-3H3. The number of carbonyl (C=O) groups is 2. The molecule has 2 N–H and O–H groups in total. The SMILES string of the molecule is CCN(CC)CCOC(=O)c1ccc(N)cc1N(Br)C(C)=O. The largest absolute Gasteiger partial charge is 0.461 e. The first kappa shape index (κ1) is 18.4. The maximum atomic E-state index is 12.2. The average Bonchev–Trinajstić information content (AvgIpc) is 2.50. The number of ether oxygens (including phenoxy) is 1. The van der Waals surface area contributed by atoms with Crippen molar-refractivity contribution in [1.82, 2.24) is 4.90 Å². The molecule has 0 fully saturated rings. The summed E-state index contributed by atoms with van der Waals surface area (Å²) in [5, 5.41) is 0. The molecule has 0 heterocycles. The lowest BCUT2D eigenvalue weighted by Gasteiger charge is -2.19. The molecule has 0 radical (unpaired) electrons. The fourth-order valence-electron chi connectivity index (χ4n) is 1.94. The lowest BCUT2D eigenvalue weighted by Crippen LogP contribution is -2.28. The van der Waals surface area contributed by atoms with Gasteiger partial charge >= 0.3 is 5.97 Å². The van der Waals surface area contributed by atoms with Gasteiger partial charge in [0.15, 0.2) is 0 Å². The highest BCUT2D eigenvalue weighted by atomic mass is 79.9. The van der Waals surface area contributed by atoms with Gasteiger partial charge in [-0.2, -0.15) is 0 Å². The van der Waals surface area contributed by atoms with Crippen LogP contribution in [0.1, 0.15) is 31.1 Å². The molecule has 0 aliphatic rings. The highest BCUT2D eigenvalue weighted by Gasteiger charge is 2.19. The predicted octanol–water partition coefficient (Wildman–Crippen LogP) is 2.43. The molecule has 0 atom stereocenters. The van der Waals surface area contributed by atoms with E-state index in [9.17, 15) is 9.59 Å². The van der Waals surface area contributed by atoms with E-state index >= 15 is 0 Å². The van der Waals surface area contributed by atoms with Crippen LogP contribution in [0.5, 0.6) is 0 Å². The van der Waals surface area contributed by atoms with Crippen LogP contribution in [0.3, 0.4) is 0 Å². The highest BCUT2D eigenvalue weighted by molar-refractivity contribution is 9.10. The normalized spacial score (nSPS) is 10.6. The smallest absolute Gasteiger partial charge is 0.340 e. The van der Waals surface area contributed by atoms with Crippen LogP contribution in [-0.2, 0) is 9.53 Å². The molecule has 0 aliphatic carbocycles. The number of nitrogens with two attached hydrogens (primary N) is 1. The van der Waals surface area contributed by atoms with E-state index in [0.717, 1.165) is 13.1 Å². The number of nitrogen functional groups attached to an aromatic ring is 1. The molecule has 1 amide bonds. The number of carbonyl (C=O) groups excluding carboxylic acids is 2. The Morgan fingerprint density at radius 1 is 1.27 bits per heavy atom. The second-order valence-electron chi connectivity index (χ2n) is 4.74. The van der Waals surface area contributed by atoms with Crippen molar-refractivity contribution in [2.75, 3.05) is 35.9 Å². The quantitative estimate of drug-likeness (QED) is 0.452. The minimum atomic E-state index is -0.479. The van der Waals surface area contributed by atoms with Crippen LogP contribution < -0.4 is 9.66 Å². The van der Waals surface area contributed by atoms with Crippen molar-refractivity contribution in [2.45, 2.75) is 20.8 Å². The first-order valence-electron chi connectivity index (χ1n) is 7.16. The van der Waals surface area contributed by atoms with Gasteiger partial charge in [-0.15, -0.1) is 0 Å². The van der Waals surface area contributed by atoms with E-state index in [0.29, 0.717) is 30.1 Å². The lowest BCUT2D eigenvalue weighted by atomic mass is 10.1. The lowest BCUT2D eigenvalue weighted by molar-refractivity contribution is -0.115. The molecule has 0 spiro atoms. The van der Waals surface area contributed by atoms with Gasteiger partial charge < -0.3 is 15.4 Å². The van der Waals surface area contributed by atoms with Gasteiger partial charge in [-0.1, -0.05) is 13.8 Å². The summed E-state index contributed by atoms with van der Waals surface area (Å²) in [6.45, 7) is 8.27. The van der Waals surface area contributed by atoms with Crippen LogP contribution in [-0.4, -0.2) is 43.0 Å². The number of halogens is 1. The van der Waals surface area contributed by atoms with Crippen LogP contribution >= 0.6 is 16.1 Å². The zero-order valence-electron chi connectivity index (χ0n) is 13.1. The molecule has 1 aromatic carbocycles. The molecule has 1 aromatic rings. The van der Waals surface area contributed by atoms with Gasteiger partial charge in [0.25, 0.3) is 0 Å². The zero-order valence-corrected chi connectivity index (χ0v) is 14.7. The third-order valence-corrected chi connectivity index (χ3v) is 4.15. The molecular formula is C15H22BrN3O3. The van der Waals surface area contributed by atoms with Crippen molar-refractivity contribution in [1.29, 1.82) is 0 Å². The van der Waals surface area contributed by atoms with Gasteiger partial charge in [-0.3, -0.25) is 4.79 Å². The van der Waals surface area contributed by atoms with E-state index < -0.39 is 5.97 Å². The number of rotatable bonds is 7. The summed E-state index contributed by atoms with van der Waals surface area (Å²) in [5.74, 6) is -0.740.